The highest BCUT2D eigenvalue weighted by molar-refractivity contribution is 7.89. The molecule has 0 saturated carbocycles. The summed E-state index contributed by atoms with van der Waals surface area (Å²) in [6.45, 7) is 8.66. The van der Waals surface area contributed by atoms with Gasteiger partial charge in [-0.15, -0.1) is 0 Å². The van der Waals surface area contributed by atoms with Gasteiger partial charge in [0.15, 0.2) is 0 Å². The Morgan fingerprint density at radius 1 is 1.02 bits per heavy atom. The third kappa shape index (κ3) is 6.98. The largest absolute Gasteiger partial charge is 0.497 e. The molecule has 1 amide bonds. The van der Waals surface area contributed by atoms with Gasteiger partial charge in [-0.2, -0.15) is 14.4 Å². The van der Waals surface area contributed by atoms with Crippen LogP contribution in [0.25, 0.3) is 21.2 Å². The number of hydrogen-bond acceptors (Lipinski definition) is 9. The van der Waals surface area contributed by atoms with E-state index in [2.05, 4.69) is 10.1 Å². The number of methoxy groups -OCH3 is 1. The second kappa shape index (κ2) is 13.3. The normalized spacial score (nSPS) is 12.3. The number of rotatable bonds is 11. The third-order valence-electron chi connectivity index (χ3n) is 6.85. The molecule has 5 rings (SSSR count). The maximum absolute atomic E-state index is 13.9. The summed E-state index contributed by atoms with van der Waals surface area (Å²) < 4.78 is 40.2. The molecule has 10 nitrogen and oxygen atoms in total. The molecule has 0 radical (unpaired) electrons. The van der Waals surface area contributed by atoms with Gasteiger partial charge in [-0.3, -0.25) is 9.59 Å². The van der Waals surface area contributed by atoms with Crippen molar-refractivity contribution in [3.63, 3.8) is 0 Å². The van der Waals surface area contributed by atoms with Gasteiger partial charge in [0, 0.05) is 18.7 Å². The molecule has 0 aliphatic carbocycles. The van der Waals surface area contributed by atoms with Gasteiger partial charge in [-0.05, 0) is 66.4 Å². The molecule has 3 aromatic carbocycles. The third-order valence-corrected chi connectivity index (χ3v) is 9.69. The van der Waals surface area contributed by atoms with E-state index < -0.39 is 15.9 Å². The number of carbonyl (C=O) groups excluding carboxylic acids is 1. The standard InChI is InChI=1S/C33H34N4O6S2/c1-21(2)18-36(19-22(3)4)45(40,41)26-13-10-23(11-14-26)32(39)37(33-35-28-15-12-25(42-5)16-30(28)44-33)34-17-24-20-43-29-9-7-6-8-27(29)31(24)38/h6-17,20-22H,18-19H2,1-5H3/b34-17+. The summed E-state index contributed by atoms with van der Waals surface area (Å²) in [6, 6.07) is 18.0. The molecule has 0 spiro atoms. The molecule has 0 N–H and O–H groups in total. The Hall–Kier alpha value is -4.39. The van der Waals surface area contributed by atoms with Crippen LogP contribution in [0.3, 0.4) is 0 Å². The molecule has 0 saturated heterocycles. The highest BCUT2D eigenvalue weighted by atomic mass is 32.2. The number of hydrogen-bond donors (Lipinski definition) is 0. The van der Waals surface area contributed by atoms with Crippen molar-refractivity contribution in [2.45, 2.75) is 32.6 Å². The van der Waals surface area contributed by atoms with Crippen LogP contribution in [0.1, 0.15) is 43.6 Å². The summed E-state index contributed by atoms with van der Waals surface area (Å²) in [5.74, 6) is 0.357. The predicted molar refractivity (Wildman–Crippen MR) is 178 cm³/mol. The molecule has 5 aromatic rings. The smallest absolute Gasteiger partial charge is 0.280 e. The number of fused-ring (bicyclic) bond motifs is 2. The van der Waals surface area contributed by atoms with Crippen LogP contribution < -0.4 is 15.2 Å². The van der Waals surface area contributed by atoms with E-state index in [1.165, 1.54) is 52.4 Å². The Kier molecular flexibility index (Phi) is 9.47. The minimum atomic E-state index is -3.79. The molecule has 0 atom stereocenters. The summed E-state index contributed by atoms with van der Waals surface area (Å²) in [5.41, 5.74) is 1.09. The van der Waals surface area contributed by atoms with Gasteiger partial charge in [-0.25, -0.2) is 13.4 Å². The van der Waals surface area contributed by atoms with Crippen LogP contribution in [0, 0.1) is 11.8 Å². The zero-order valence-electron chi connectivity index (χ0n) is 25.6. The van der Waals surface area contributed by atoms with Gasteiger partial charge in [0.25, 0.3) is 5.91 Å². The van der Waals surface area contributed by atoms with Crippen LogP contribution in [0.4, 0.5) is 5.13 Å². The molecule has 2 heterocycles. The number of para-hydroxylation sites is 1. The van der Waals surface area contributed by atoms with Crippen molar-refractivity contribution in [3.05, 3.63) is 94.3 Å². The van der Waals surface area contributed by atoms with E-state index in [9.17, 15) is 18.0 Å². The van der Waals surface area contributed by atoms with Gasteiger partial charge in [0.1, 0.15) is 17.6 Å². The average Bonchev–Trinajstić information content (AvgIpc) is 3.44. The van der Waals surface area contributed by atoms with Gasteiger partial charge >= 0.3 is 0 Å². The number of nitrogens with zero attached hydrogens (tertiary/aromatic N) is 4. The minimum absolute atomic E-state index is 0.0938. The first-order valence-corrected chi connectivity index (χ1v) is 16.7. The van der Waals surface area contributed by atoms with Gasteiger partial charge < -0.3 is 9.15 Å². The number of anilines is 1. The fourth-order valence-electron chi connectivity index (χ4n) is 4.73. The van der Waals surface area contributed by atoms with E-state index >= 15 is 0 Å². The lowest BCUT2D eigenvalue weighted by Crippen LogP contribution is -2.37. The van der Waals surface area contributed by atoms with Crippen molar-refractivity contribution in [1.82, 2.24) is 9.29 Å². The first kappa shape index (κ1) is 32.0. The van der Waals surface area contributed by atoms with E-state index in [1.54, 1.807) is 49.6 Å². The Morgan fingerprint density at radius 3 is 2.38 bits per heavy atom. The SMILES string of the molecule is COc1ccc2nc(N(/N=C/c3coc4ccccc4c3=O)C(=O)c3ccc(S(=O)(=O)N(CC(C)C)CC(C)C)cc3)sc2c1. The lowest BCUT2D eigenvalue weighted by molar-refractivity contribution is 0.0987. The van der Waals surface area contributed by atoms with Crippen LogP contribution in [0.5, 0.6) is 5.75 Å². The topological polar surface area (TPSA) is 122 Å². The number of aromatic nitrogens is 1. The highest BCUT2D eigenvalue weighted by Gasteiger charge is 2.27. The Balaban J connectivity index is 1.53. The van der Waals surface area contributed by atoms with Gasteiger partial charge in [-0.1, -0.05) is 51.2 Å². The van der Waals surface area contributed by atoms with Crippen LogP contribution >= 0.6 is 11.3 Å². The maximum atomic E-state index is 13.9. The molecule has 2 aromatic heterocycles. The molecule has 234 valence electrons. The number of carbonyl (C=O) groups is 1. The molecule has 0 unspecified atom stereocenters. The number of sulfonamides is 1. The monoisotopic (exact) mass is 646 g/mol. The van der Waals surface area contributed by atoms with Crippen LogP contribution in [0.2, 0.25) is 0 Å². The molecule has 45 heavy (non-hydrogen) atoms. The number of benzene rings is 3. The highest BCUT2D eigenvalue weighted by Crippen LogP contribution is 2.32. The second-order valence-electron chi connectivity index (χ2n) is 11.3. The van der Waals surface area contributed by atoms with Crippen molar-refractivity contribution >= 4 is 59.8 Å². The molecular weight excluding hydrogens is 613 g/mol. The predicted octanol–water partition coefficient (Wildman–Crippen LogP) is 6.39. The van der Waals surface area contributed by atoms with Crippen molar-refractivity contribution in [3.8, 4) is 5.75 Å². The number of amides is 1. The van der Waals surface area contributed by atoms with E-state index in [1.807, 2.05) is 27.7 Å². The van der Waals surface area contributed by atoms with Crippen molar-refractivity contribution in [2.24, 2.45) is 16.9 Å². The quantitative estimate of drug-likeness (QED) is 0.120. The van der Waals surface area contributed by atoms with Crippen molar-refractivity contribution < 1.29 is 22.4 Å². The fourth-order valence-corrected chi connectivity index (χ4v) is 7.44. The minimum Gasteiger partial charge on any atom is -0.497 e. The van der Waals surface area contributed by atoms with Gasteiger partial charge in [0.2, 0.25) is 20.6 Å². The van der Waals surface area contributed by atoms with Crippen molar-refractivity contribution in [2.75, 3.05) is 25.2 Å². The number of hydrazone groups is 1. The summed E-state index contributed by atoms with van der Waals surface area (Å²) in [7, 11) is -2.22. The Bertz CT molecular complexity index is 2020. The fraction of sp³-hybridized carbons (Fsp3) is 0.273. The van der Waals surface area contributed by atoms with Crippen LogP contribution in [-0.2, 0) is 10.0 Å². The van der Waals surface area contributed by atoms with Crippen LogP contribution in [-0.4, -0.2) is 50.0 Å². The molecular formula is C33H34N4O6S2. The molecule has 0 aliphatic rings. The molecule has 0 aliphatic heterocycles. The summed E-state index contributed by atoms with van der Waals surface area (Å²) >= 11 is 1.22. The zero-order valence-corrected chi connectivity index (χ0v) is 27.3. The van der Waals surface area contributed by atoms with E-state index in [4.69, 9.17) is 9.15 Å². The summed E-state index contributed by atoms with van der Waals surface area (Å²) in [4.78, 5) is 31.7. The molecule has 0 fully saturated rings. The van der Waals surface area contributed by atoms with E-state index in [0.717, 1.165) is 9.71 Å². The summed E-state index contributed by atoms with van der Waals surface area (Å²) in [5, 5.41) is 6.13. The first-order valence-electron chi connectivity index (χ1n) is 14.4. The van der Waals surface area contributed by atoms with Gasteiger partial charge in [0.05, 0.1) is 39.4 Å². The lowest BCUT2D eigenvalue weighted by Gasteiger charge is -2.25. The second-order valence-corrected chi connectivity index (χ2v) is 14.3. The van der Waals surface area contributed by atoms with E-state index in [0.29, 0.717) is 35.3 Å². The lowest BCUT2D eigenvalue weighted by atomic mass is 10.2. The maximum Gasteiger partial charge on any atom is 0.280 e. The van der Waals surface area contributed by atoms with Crippen molar-refractivity contribution in [1.29, 1.82) is 0 Å². The number of thiazole rings is 1. The Labute approximate surface area is 265 Å². The number of ether oxygens (including phenoxy) is 1. The zero-order chi connectivity index (χ0) is 32.3. The summed E-state index contributed by atoms with van der Waals surface area (Å²) in [6.07, 6.45) is 2.55. The molecule has 12 heteroatoms. The first-order chi connectivity index (χ1) is 21.5. The average molecular weight is 647 g/mol. The molecule has 0 bridgehead atoms. The Morgan fingerprint density at radius 2 is 1.71 bits per heavy atom. The van der Waals surface area contributed by atoms with Crippen LogP contribution in [0.15, 0.2) is 92.2 Å². The van der Waals surface area contributed by atoms with E-state index in [-0.39, 0.29) is 38.4 Å².